The molecule has 0 atom stereocenters. The predicted molar refractivity (Wildman–Crippen MR) is 88.2 cm³/mol. The van der Waals surface area contributed by atoms with E-state index in [-0.39, 0.29) is 0 Å². The topological polar surface area (TPSA) is 0 Å². The van der Waals surface area contributed by atoms with Crippen molar-refractivity contribution in [1.29, 1.82) is 0 Å². The van der Waals surface area contributed by atoms with E-state index < -0.39 is 35.6 Å². The van der Waals surface area contributed by atoms with Gasteiger partial charge >= 0.3 is 35.5 Å². The van der Waals surface area contributed by atoms with E-state index >= 15 is 0 Å². The van der Waals surface area contributed by atoms with Crippen LogP contribution in [0.25, 0.3) is 0 Å². The molecule has 0 aromatic rings. The third kappa shape index (κ3) is 11.0. The van der Waals surface area contributed by atoms with Crippen LogP contribution in [0, 0.1) is 0 Å². The van der Waals surface area contributed by atoms with Crippen molar-refractivity contribution in [1.82, 2.24) is 0 Å². The van der Waals surface area contributed by atoms with Crippen molar-refractivity contribution >= 4 is 35.6 Å². The summed E-state index contributed by atoms with van der Waals surface area (Å²) in [5, 5.41) is 0. The zero-order valence-electron chi connectivity index (χ0n) is 14.7. The van der Waals surface area contributed by atoms with Crippen molar-refractivity contribution in [2.24, 2.45) is 0 Å². The fraction of sp³-hybridized carbons (Fsp3) is 1.00. The summed E-state index contributed by atoms with van der Waals surface area (Å²) in [6, 6.07) is 0. The second-order valence-corrected chi connectivity index (χ2v) is 25.2. The molecule has 0 saturated heterocycles. The Bertz CT molecular complexity index is 164. The molecule has 17 heavy (non-hydrogen) atoms. The molecule has 0 nitrogen and oxygen atoms in total. The Kier molecular flexibility index (Phi) is 8.84. The molecule has 0 aliphatic heterocycles. The molecule has 0 aliphatic rings. The second kappa shape index (κ2) is 7.26. The van der Waals surface area contributed by atoms with E-state index in [2.05, 4.69) is 76.4 Å². The monoisotopic (exact) mass is 358 g/mol. The molecule has 0 aromatic carbocycles. The van der Waals surface area contributed by atoms with Gasteiger partial charge in [-0.05, 0) is 0 Å². The fourth-order valence-corrected chi connectivity index (χ4v) is 11.7. The third-order valence-corrected chi connectivity index (χ3v) is 7.79. The Labute approximate surface area is 124 Å². The molecule has 0 heterocycles. The summed E-state index contributed by atoms with van der Waals surface area (Å²) in [5.41, 5.74) is 0. The van der Waals surface area contributed by atoms with Gasteiger partial charge in [-0.1, -0.05) is 75.1 Å². The van der Waals surface area contributed by atoms with Gasteiger partial charge in [0, 0.05) is 0 Å². The van der Waals surface area contributed by atoms with Crippen LogP contribution in [0.1, 0.15) is 62.3 Å². The van der Waals surface area contributed by atoms with E-state index in [1.54, 1.807) is 0 Å². The van der Waals surface area contributed by atoms with Crippen LogP contribution < -0.4 is 0 Å². The molecule has 0 aromatic heterocycles. The first-order valence-corrected chi connectivity index (χ1v) is 18.7. The van der Waals surface area contributed by atoms with E-state index in [0.29, 0.717) is 12.8 Å². The SMILES string of the molecule is C[C](C)(C)[Al]([C](C)(C)C)[C](C)(C)C.[CH3][In]([CH3])[CH3]. The Hall–Kier alpha value is 1.40. The summed E-state index contributed by atoms with van der Waals surface area (Å²) in [4.78, 5) is 0. The predicted octanol–water partition coefficient (Wildman–Crippen LogP) is 6.25. The summed E-state index contributed by atoms with van der Waals surface area (Å²) >= 11 is -1.44. The van der Waals surface area contributed by atoms with Gasteiger partial charge in [-0.25, -0.2) is 0 Å². The van der Waals surface area contributed by atoms with Gasteiger partial charge in [-0.3, -0.25) is 0 Å². The molecule has 102 valence electrons. The van der Waals surface area contributed by atoms with Gasteiger partial charge in [-0.15, -0.1) is 0 Å². The first-order valence-electron chi connectivity index (χ1n) is 7.10. The summed E-state index contributed by atoms with van der Waals surface area (Å²) in [5.74, 6) is 0. The Morgan fingerprint density at radius 2 is 0.647 bits per heavy atom. The van der Waals surface area contributed by atoms with Crippen LogP contribution in [0.15, 0.2) is 0 Å². The second-order valence-electron chi connectivity index (χ2n) is 9.26. The maximum absolute atomic E-state index is 2.42. The van der Waals surface area contributed by atoms with Gasteiger partial charge in [0.25, 0.3) is 14.1 Å². The average Bonchev–Trinajstić information content (AvgIpc) is 1.69. The van der Waals surface area contributed by atoms with Crippen molar-refractivity contribution in [2.75, 3.05) is 0 Å². The molecule has 2 heteroatoms. The van der Waals surface area contributed by atoms with Gasteiger partial charge in [-0.2, -0.15) is 0 Å². The maximum atomic E-state index is 2.42. The van der Waals surface area contributed by atoms with Gasteiger partial charge < -0.3 is 0 Å². The van der Waals surface area contributed by atoms with E-state index in [4.69, 9.17) is 0 Å². The zero-order chi connectivity index (χ0) is 14.7. The first kappa shape index (κ1) is 20.7. The van der Waals surface area contributed by atoms with Crippen molar-refractivity contribution < 1.29 is 0 Å². The summed E-state index contributed by atoms with van der Waals surface area (Å²) < 4.78 is 8.70. The van der Waals surface area contributed by atoms with Crippen LogP contribution >= 0.6 is 0 Å². The molecule has 0 radical (unpaired) electrons. The van der Waals surface area contributed by atoms with Crippen LogP contribution in [-0.4, -0.2) is 35.6 Å². The Morgan fingerprint density at radius 3 is 0.647 bits per heavy atom. The molecular formula is C15H36AlIn. The minimum absolute atomic E-state index is 0.524. The molecule has 0 rings (SSSR count). The molecule has 0 bridgehead atoms. The number of hydrogen-bond donors (Lipinski definition) is 0. The fourth-order valence-electron chi connectivity index (χ4n) is 3.90. The van der Waals surface area contributed by atoms with Crippen LogP contribution in [-0.2, 0) is 0 Å². The van der Waals surface area contributed by atoms with E-state index in [0.717, 1.165) is 0 Å². The summed E-state index contributed by atoms with van der Waals surface area (Å²) in [6.07, 6.45) is 0. The van der Waals surface area contributed by atoms with E-state index in [1.807, 2.05) is 0 Å². The van der Waals surface area contributed by atoms with E-state index in [1.165, 1.54) is 0 Å². The number of hydrogen-bond acceptors (Lipinski definition) is 0. The molecule has 0 spiro atoms. The standard InChI is InChI=1S/3C4H9.3CH3.Al.In/c3*1-4(2)3;;;;;/h3*1-3H3;3*1H3;;. The first-order chi connectivity index (χ1) is 7.10. The van der Waals surface area contributed by atoms with Crippen molar-refractivity contribution in [3.63, 3.8) is 0 Å². The third-order valence-electron chi connectivity index (χ3n) is 2.60. The van der Waals surface area contributed by atoms with Crippen molar-refractivity contribution in [3.8, 4) is 0 Å². The zero-order valence-corrected chi connectivity index (χ0v) is 19.1. The Morgan fingerprint density at radius 1 is 0.529 bits per heavy atom. The van der Waals surface area contributed by atoms with Gasteiger partial charge in [0.15, 0.2) is 0 Å². The van der Waals surface area contributed by atoms with Gasteiger partial charge in [0.05, 0.1) is 0 Å². The molecule has 0 aliphatic carbocycles. The van der Waals surface area contributed by atoms with Crippen molar-refractivity contribution in [2.45, 2.75) is 89.2 Å². The Balaban J connectivity index is 0. The molecule has 0 amide bonds. The van der Waals surface area contributed by atoms with Gasteiger partial charge in [0.2, 0.25) is 0 Å². The molecule has 0 unspecified atom stereocenters. The number of rotatable bonds is 0. The van der Waals surface area contributed by atoms with Crippen LogP contribution in [0.2, 0.25) is 26.9 Å². The molecule has 0 N–H and O–H groups in total. The van der Waals surface area contributed by atoms with E-state index in [9.17, 15) is 0 Å². The van der Waals surface area contributed by atoms with Crippen molar-refractivity contribution in [3.05, 3.63) is 0 Å². The van der Waals surface area contributed by atoms with Crippen LogP contribution in [0.5, 0.6) is 0 Å². The molecule has 0 saturated carbocycles. The molecular weight excluding hydrogens is 322 g/mol. The normalized spacial score (nSPS) is 12.7. The average molecular weight is 358 g/mol. The van der Waals surface area contributed by atoms with Crippen LogP contribution in [0.3, 0.4) is 0 Å². The van der Waals surface area contributed by atoms with Gasteiger partial charge in [0.1, 0.15) is 0 Å². The molecule has 0 fully saturated rings. The quantitative estimate of drug-likeness (QED) is 0.449. The summed E-state index contributed by atoms with van der Waals surface area (Å²) in [6.45, 7) is 21.8. The van der Waals surface area contributed by atoms with Crippen LogP contribution in [0.4, 0.5) is 0 Å². The summed E-state index contributed by atoms with van der Waals surface area (Å²) in [7, 11) is 0. The minimum atomic E-state index is -0.799.